The van der Waals surface area contributed by atoms with E-state index in [-0.39, 0.29) is 18.3 Å². The molecule has 0 atom stereocenters. The molecule has 5 aromatic carbocycles. The Kier molecular flexibility index (Phi) is 7.96. The van der Waals surface area contributed by atoms with Crippen LogP contribution >= 0.6 is 11.3 Å². The molecule has 0 bridgehead atoms. The summed E-state index contributed by atoms with van der Waals surface area (Å²) in [5.41, 5.74) is 7.37. The largest absolute Gasteiger partial charge is 0.488 e. The molecule has 0 fully saturated rings. The maximum atomic E-state index is 13.3. The zero-order valence-electron chi connectivity index (χ0n) is 22.3. The Morgan fingerprint density at radius 2 is 1.64 bits per heavy atom. The highest BCUT2D eigenvalue weighted by molar-refractivity contribution is 7.14. The molecule has 2 N–H and O–H groups in total. The molecule has 6 rings (SSSR count). The van der Waals surface area contributed by atoms with Crippen LogP contribution in [-0.4, -0.2) is 17.1 Å². The van der Waals surface area contributed by atoms with Gasteiger partial charge in [-0.1, -0.05) is 72.8 Å². The number of hydrazone groups is 1. The van der Waals surface area contributed by atoms with E-state index in [1.54, 1.807) is 30.5 Å². The summed E-state index contributed by atoms with van der Waals surface area (Å²) in [7, 11) is 0. The predicted molar refractivity (Wildman–Crippen MR) is 167 cm³/mol. The van der Waals surface area contributed by atoms with Crippen LogP contribution in [0.4, 0.5) is 15.2 Å². The number of hydrogen-bond acceptors (Lipinski definition) is 6. The van der Waals surface area contributed by atoms with Gasteiger partial charge >= 0.3 is 0 Å². The van der Waals surface area contributed by atoms with E-state index in [0.717, 1.165) is 44.0 Å². The minimum atomic E-state index is -0.337. The van der Waals surface area contributed by atoms with Crippen molar-refractivity contribution in [1.29, 1.82) is 0 Å². The van der Waals surface area contributed by atoms with Crippen LogP contribution in [-0.2, 0) is 6.61 Å². The van der Waals surface area contributed by atoms with Gasteiger partial charge < -0.3 is 10.1 Å². The van der Waals surface area contributed by atoms with E-state index in [2.05, 4.69) is 20.8 Å². The summed E-state index contributed by atoms with van der Waals surface area (Å²) in [5.74, 6) is -0.0302. The lowest BCUT2D eigenvalue weighted by atomic mass is 10.0. The van der Waals surface area contributed by atoms with Gasteiger partial charge in [-0.05, 0) is 58.8 Å². The summed E-state index contributed by atoms with van der Waals surface area (Å²) in [5, 5.41) is 12.3. The van der Waals surface area contributed by atoms with Crippen molar-refractivity contribution in [3.8, 4) is 17.0 Å². The zero-order valence-corrected chi connectivity index (χ0v) is 23.1. The molecule has 1 amide bonds. The monoisotopic (exact) mass is 572 g/mol. The lowest BCUT2D eigenvalue weighted by Gasteiger charge is -2.12. The van der Waals surface area contributed by atoms with Gasteiger partial charge in [-0.25, -0.2) is 14.8 Å². The zero-order chi connectivity index (χ0) is 28.7. The summed E-state index contributed by atoms with van der Waals surface area (Å²) >= 11 is 1.52. The SMILES string of the molecule is O=C(N/N=C\c1c(OCc2ccc(F)cc2)ccc2ccccc12)c1ccc(-c2csc(Nc3ccccc3)n2)cc1. The second-order valence-corrected chi connectivity index (χ2v) is 10.3. The summed E-state index contributed by atoms with van der Waals surface area (Å²) < 4.78 is 19.4. The van der Waals surface area contributed by atoms with E-state index in [1.807, 2.05) is 84.2 Å². The van der Waals surface area contributed by atoms with Crippen molar-refractivity contribution in [1.82, 2.24) is 10.4 Å². The predicted octanol–water partition coefficient (Wildman–Crippen LogP) is 8.19. The van der Waals surface area contributed by atoms with Gasteiger partial charge in [0.25, 0.3) is 5.91 Å². The van der Waals surface area contributed by atoms with Crippen LogP contribution in [0, 0.1) is 5.82 Å². The number of benzene rings is 5. The summed E-state index contributed by atoms with van der Waals surface area (Å²) in [6.45, 7) is 0.265. The number of thiazole rings is 1. The highest BCUT2D eigenvalue weighted by Crippen LogP contribution is 2.29. The quantitative estimate of drug-likeness (QED) is 0.135. The Hall–Kier alpha value is -5.34. The number of fused-ring (bicyclic) bond motifs is 1. The smallest absolute Gasteiger partial charge is 0.271 e. The van der Waals surface area contributed by atoms with Crippen LogP contribution in [0.1, 0.15) is 21.5 Å². The van der Waals surface area contributed by atoms with Gasteiger partial charge in [0.05, 0.1) is 11.9 Å². The van der Waals surface area contributed by atoms with Gasteiger partial charge in [0.2, 0.25) is 0 Å². The molecule has 0 aliphatic carbocycles. The fourth-order valence-corrected chi connectivity index (χ4v) is 5.14. The van der Waals surface area contributed by atoms with E-state index in [9.17, 15) is 9.18 Å². The molecule has 42 heavy (non-hydrogen) atoms. The molecule has 0 radical (unpaired) electrons. The summed E-state index contributed by atoms with van der Waals surface area (Å²) in [6.07, 6.45) is 1.59. The summed E-state index contributed by atoms with van der Waals surface area (Å²) in [6, 6.07) is 35.0. The van der Waals surface area contributed by atoms with Gasteiger partial charge in [0.15, 0.2) is 5.13 Å². The number of para-hydroxylation sites is 1. The number of nitrogens with one attached hydrogen (secondary N) is 2. The molecule has 6 nitrogen and oxygen atoms in total. The third-order valence-electron chi connectivity index (χ3n) is 6.57. The first kappa shape index (κ1) is 26.9. The first-order chi connectivity index (χ1) is 20.6. The average molecular weight is 573 g/mol. The van der Waals surface area contributed by atoms with Crippen LogP contribution in [0.15, 0.2) is 126 Å². The molecule has 0 spiro atoms. The van der Waals surface area contributed by atoms with E-state index in [4.69, 9.17) is 4.74 Å². The Balaban J connectivity index is 1.14. The number of rotatable bonds is 9. The van der Waals surface area contributed by atoms with Crippen molar-refractivity contribution in [2.75, 3.05) is 5.32 Å². The van der Waals surface area contributed by atoms with E-state index in [0.29, 0.717) is 11.3 Å². The number of ether oxygens (including phenoxy) is 1. The topological polar surface area (TPSA) is 75.6 Å². The normalized spacial score (nSPS) is 11.1. The van der Waals surface area contributed by atoms with Crippen molar-refractivity contribution >= 4 is 45.0 Å². The molecule has 6 aromatic rings. The number of aromatic nitrogens is 1. The molecular weight excluding hydrogens is 547 g/mol. The standard InChI is InChI=1S/C34H25FN4O2S/c35-27-17-10-23(11-18-27)21-41-32-19-16-24-6-4-5-9-29(24)30(32)20-36-39-33(40)26-14-12-25(13-15-26)31-22-42-34(38-31)37-28-7-2-1-3-8-28/h1-20,22H,21H2,(H,37,38)(H,39,40)/b36-20-. The van der Waals surface area contributed by atoms with E-state index in [1.165, 1.54) is 23.5 Å². The molecule has 0 unspecified atom stereocenters. The van der Waals surface area contributed by atoms with Crippen molar-refractivity contribution < 1.29 is 13.9 Å². The first-order valence-electron chi connectivity index (χ1n) is 13.2. The number of hydrogen-bond donors (Lipinski definition) is 2. The Bertz CT molecular complexity index is 1850. The molecular formula is C34H25FN4O2S. The van der Waals surface area contributed by atoms with Gasteiger partial charge in [0, 0.05) is 27.8 Å². The van der Waals surface area contributed by atoms with Gasteiger partial charge in [-0.2, -0.15) is 5.10 Å². The minimum Gasteiger partial charge on any atom is -0.488 e. The van der Waals surface area contributed by atoms with Crippen molar-refractivity contribution in [3.05, 3.63) is 143 Å². The molecule has 0 aliphatic heterocycles. The van der Waals surface area contributed by atoms with Crippen LogP contribution in [0.5, 0.6) is 5.75 Å². The molecule has 1 heterocycles. The van der Waals surface area contributed by atoms with E-state index >= 15 is 0 Å². The fraction of sp³-hybridized carbons (Fsp3) is 0.0294. The van der Waals surface area contributed by atoms with Crippen molar-refractivity contribution in [3.63, 3.8) is 0 Å². The first-order valence-corrected chi connectivity index (χ1v) is 14.1. The molecule has 1 aromatic heterocycles. The van der Waals surface area contributed by atoms with Crippen molar-refractivity contribution in [2.45, 2.75) is 6.61 Å². The number of nitrogens with zero attached hydrogens (tertiary/aromatic N) is 2. The molecule has 0 saturated carbocycles. The van der Waals surface area contributed by atoms with E-state index < -0.39 is 0 Å². The maximum absolute atomic E-state index is 13.3. The lowest BCUT2D eigenvalue weighted by Crippen LogP contribution is -2.17. The molecule has 0 aliphatic rings. The second kappa shape index (κ2) is 12.4. The number of carbonyl (C=O) groups excluding carboxylic acids is 1. The van der Waals surface area contributed by atoms with Gasteiger partial charge in [-0.3, -0.25) is 4.79 Å². The Morgan fingerprint density at radius 3 is 2.45 bits per heavy atom. The molecule has 8 heteroatoms. The molecule has 206 valence electrons. The minimum absolute atomic E-state index is 0.265. The van der Waals surface area contributed by atoms with Crippen LogP contribution in [0.25, 0.3) is 22.0 Å². The van der Waals surface area contributed by atoms with Crippen LogP contribution in [0.3, 0.4) is 0 Å². The van der Waals surface area contributed by atoms with Crippen LogP contribution in [0.2, 0.25) is 0 Å². The third kappa shape index (κ3) is 6.35. The highest BCUT2D eigenvalue weighted by Gasteiger charge is 2.10. The number of anilines is 2. The maximum Gasteiger partial charge on any atom is 0.271 e. The third-order valence-corrected chi connectivity index (χ3v) is 7.33. The van der Waals surface area contributed by atoms with Gasteiger partial charge in [0.1, 0.15) is 18.2 Å². The Labute approximate surface area is 246 Å². The van der Waals surface area contributed by atoms with Gasteiger partial charge in [-0.15, -0.1) is 11.3 Å². The second-order valence-electron chi connectivity index (χ2n) is 9.42. The average Bonchev–Trinajstić information content (AvgIpc) is 3.50. The number of amides is 1. The summed E-state index contributed by atoms with van der Waals surface area (Å²) in [4.78, 5) is 17.5. The lowest BCUT2D eigenvalue weighted by molar-refractivity contribution is 0.0955. The highest BCUT2D eigenvalue weighted by atomic mass is 32.1. The van der Waals surface area contributed by atoms with Crippen LogP contribution < -0.4 is 15.5 Å². The van der Waals surface area contributed by atoms with Crippen molar-refractivity contribution in [2.24, 2.45) is 5.10 Å². The molecule has 0 saturated heterocycles. The number of halogens is 1. The number of carbonyl (C=O) groups is 1. The fourth-order valence-electron chi connectivity index (χ4n) is 4.40. The Morgan fingerprint density at radius 1 is 0.881 bits per heavy atom.